The zero-order valence-electron chi connectivity index (χ0n) is 8.52. The quantitative estimate of drug-likeness (QED) is 0.847. The highest BCUT2D eigenvalue weighted by Gasteiger charge is 2.01. The van der Waals surface area contributed by atoms with Gasteiger partial charge in [0.2, 0.25) is 0 Å². The molecule has 0 aliphatic rings. The second-order valence-corrected chi connectivity index (χ2v) is 4.13. The molecule has 1 aromatic heterocycles. The minimum absolute atomic E-state index is 0.641. The van der Waals surface area contributed by atoms with Gasteiger partial charge in [0.25, 0.3) is 0 Å². The largest absolute Gasteiger partial charge is 0.398 e. The Labute approximate surface area is 102 Å². The average Bonchev–Trinajstić information content (AvgIpc) is 2.30. The molecule has 5 heteroatoms. The number of nitrogens with one attached hydrogen (secondary N) is 1. The van der Waals surface area contributed by atoms with E-state index in [1.807, 2.05) is 24.3 Å². The third-order valence-corrected chi connectivity index (χ3v) is 2.75. The first-order valence-electron chi connectivity index (χ1n) is 4.80. The first kappa shape index (κ1) is 10.9. The Kier molecular flexibility index (Phi) is 3.36. The molecule has 0 saturated heterocycles. The Morgan fingerprint density at radius 3 is 2.88 bits per heavy atom. The summed E-state index contributed by atoms with van der Waals surface area (Å²) in [5.74, 6) is 0.762. The van der Waals surface area contributed by atoms with Gasteiger partial charge in [-0.05, 0) is 27.6 Å². The third-order valence-electron chi connectivity index (χ3n) is 2.17. The van der Waals surface area contributed by atoms with Crippen LogP contribution in [0.25, 0.3) is 0 Å². The number of anilines is 2. The Morgan fingerprint density at radius 2 is 2.12 bits per heavy atom. The van der Waals surface area contributed by atoms with Crippen molar-refractivity contribution in [2.24, 2.45) is 0 Å². The van der Waals surface area contributed by atoms with Crippen molar-refractivity contribution in [3.63, 3.8) is 0 Å². The maximum absolute atomic E-state index is 5.84. The summed E-state index contributed by atoms with van der Waals surface area (Å²) < 4.78 is 0.838. The Morgan fingerprint density at radius 1 is 1.31 bits per heavy atom. The molecule has 0 aliphatic heterocycles. The molecule has 0 fully saturated rings. The molecule has 0 unspecified atom stereocenters. The standard InChI is InChI=1S/C11H11BrN4/c12-9-6-14-7-16-11(9)15-5-8-3-1-2-4-10(8)13/h1-4,6-7H,5,13H2,(H,14,15,16). The van der Waals surface area contributed by atoms with Gasteiger partial charge in [0.05, 0.1) is 4.47 Å². The molecule has 1 heterocycles. The van der Waals surface area contributed by atoms with Crippen molar-refractivity contribution in [2.45, 2.75) is 6.54 Å². The maximum atomic E-state index is 5.84. The molecule has 2 rings (SSSR count). The van der Waals surface area contributed by atoms with Gasteiger partial charge >= 0.3 is 0 Å². The van der Waals surface area contributed by atoms with Crippen LogP contribution in [0.5, 0.6) is 0 Å². The van der Waals surface area contributed by atoms with Crippen molar-refractivity contribution < 1.29 is 0 Å². The van der Waals surface area contributed by atoms with Gasteiger partial charge in [-0.15, -0.1) is 0 Å². The van der Waals surface area contributed by atoms with Crippen LogP contribution in [0.4, 0.5) is 11.5 Å². The van der Waals surface area contributed by atoms with Gasteiger partial charge < -0.3 is 11.1 Å². The topological polar surface area (TPSA) is 63.8 Å². The van der Waals surface area contributed by atoms with Gasteiger partial charge in [0.1, 0.15) is 12.1 Å². The van der Waals surface area contributed by atoms with Crippen molar-refractivity contribution in [2.75, 3.05) is 11.1 Å². The summed E-state index contributed by atoms with van der Waals surface area (Å²) in [6.45, 7) is 0.641. The van der Waals surface area contributed by atoms with Crippen LogP contribution in [-0.4, -0.2) is 9.97 Å². The highest BCUT2D eigenvalue weighted by atomic mass is 79.9. The van der Waals surface area contributed by atoms with E-state index in [4.69, 9.17) is 5.73 Å². The molecule has 16 heavy (non-hydrogen) atoms. The molecule has 0 spiro atoms. The summed E-state index contributed by atoms with van der Waals surface area (Å²) in [7, 11) is 0. The van der Waals surface area contributed by atoms with Crippen molar-refractivity contribution in [3.8, 4) is 0 Å². The molecule has 0 aliphatic carbocycles. The summed E-state index contributed by atoms with van der Waals surface area (Å²) in [5.41, 5.74) is 7.67. The molecular weight excluding hydrogens is 268 g/mol. The maximum Gasteiger partial charge on any atom is 0.144 e. The molecule has 0 bridgehead atoms. The van der Waals surface area contributed by atoms with E-state index in [9.17, 15) is 0 Å². The number of aromatic nitrogens is 2. The second kappa shape index (κ2) is 4.94. The molecule has 82 valence electrons. The van der Waals surface area contributed by atoms with Crippen LogP contribution in [0.3, 0.4) is 0 Å². The Hall–Kier alpha value is -1.62. The number of nitrogens with zero attached hydrogens (tertiary/aromatic N) is 2. The predicted molar refractivity (Wildman–Crippen MR) is 67.9 cm³/mol. The van der Waals surface area contributed by atoms with Gasteiger partial charge in [-0.3, -0.25) is 0 Å². The summed E-state index contributed by atoms with van der Waals surface area (Å²) >= 11 is 3.37. The molecule has 4 nitrogen and oxygen atoms in total. The first-order chi connectivity index (χ1) is 7.77. The number of halogens is 1. The van der Waals surface area contributed by atoms with Crippen molar-refractivity contribution in [3.05, 3.63) is 46.8 Å². The van der Waals surface area contributed by atoms with Crippen LogP contribution in [-0.2, 0) is 6.54 Å². The zero-order valence-corrected chi connectivity index (χ0v) is 10.1. The molecule has 3 N–H and O–H groups in total. The minimum Gasteiger partial charge on any atom is -0.398 e. The number of hydrogen-bond donors (Lipinski definition) is 2. The average molecular weight is 279 g/mol. The van der Waals surface area contributed by atoms with Gasteiger partial charge in [0, 0.05) is 18.4 Å². The number of nitrogens with two attached hydrogens (primary N) is 1. The number of benzene rings is 1. The monoisotopic (exact) mass is 278 g/mol. The molecular formula is C11H11BrN4. The zero-order chi connectivity index (χ0) is 11.4. The minimum atomic E-state index is 0.641. The Balaban J connectivity index is 2.09. The van der Waals surface area contributed by atoms with E-state index in [0.717, 1.165) is 21.5 Å². The molecule has 0 radical (unpaired) electrons. The van der Waals surface area contributed by atoms with Crippen molar-refractivity contribution >= 4 is 27.4 Å². The van der Waals surface area contributed by atoms with Crippen molar-refractivity contribution in [1.29, 1.82) is 0 Å². The van der Waals surface area contributed by atoms with E-state index >= 15 is 0 Å². The number of para-hydroxylation sites is 1. The molecule has 0 amide bonds. The van der Waals surface area contributed by atoms with Crippen LogP contribution in [0, 0.1) is 0 Å². The summed E-state index contributed by atoms with van der Waals surface area (Å²) in [6.07, 6.45) is 3.20. The summed E-state index contributed by atoms with van der Waals surface area (Å²) in [5, 5.41) is 3.19. The summed E-state index contributed by atoms with van der Waals surface area (Å²) in [4.78, 5) is 8.01. The lowest BCUT2D eigenvalue weighted by molar-refractivity contribution is 1.07. The summed E-state index contributed by atoms with van der Waals surface area (Å²) in [6, 6.07) is 7.74. The Bertz CT molecular complexity index is 441. The molecule has 2 aromatic rings. The highest BCUT2D eigenvalue weighted by molar-refractivity contribution is 9.10. The lowest BCUT2D eigenvalue weighted by atomic mass is 10.2. The van der Waals surface area contributed by atoms with E-state index in [2.05, 4.69) is 31.2 Å². The first-order valence-corrected chi connectivity index (χ1v) is 5.59. The van der Waals surface area contributed by atoms with E-state index in [0.29, 0.717) is 6.54 Å². The van der Waals surface area contributed by atoms with Crippen LogP contribution in [0.2, 0.25) is 0 Å². The fourth-order valence-electron chi connectivity index (χ4n) is 1.32. The molecule has 0 atom stereocenters. The fourth-order valence-corrected chi connectivity index (χ4v) is 1.68. The fraction of sp³-hybridized carbons (Fsp3) is 0.0909. The van der Waals surface area contributed by atoms with Crippen molar-refractivity contribution in [1.82, 2.24) is 9.97 Å². The van der Waals surface area contributed by atoms with Crippen LogP contribution in [0.1, 0.15) is 5.56 Å². The number of rotatable bonds is 3. The highest BCUT2D eigenvalue weighted by Crippen LogP contribution is 2.19. The van der Waals surface area contributed by atoms with Gasteiger partial charge in [-0.25, -0.2) is 9.97 Å². The van der Waals surface area contributed by atoms with Crippen LogP contribution in [0.15, 0.2) is 41.3 Å². The number of nitrogen functional groups attached to an aromatic ring is 1. The molecule has 0 saturated carbocycles. The van der Waals surface area contributed by atoms with E-state index in [1.54, 1.807) is 6.20 Å². The van der Waals surface area contributed by atoms with E-state index in [1.165, 1.54) is 6.33 Å². The lowest BCUT2D eigenvalue weighted by Crippen LogP contribution is -2.04. The second-order valence-electron chi connectivity index (χ2n) is 3.27. The SMILES string of the molecule is Nc1ccccc1CNc1ncncc1Br. The van der Waals surface area contributed by atoms with E-state index in [-0.39, 0.29) is 0 Å². The van der Waals surface area contributed by atoms with Crippen LogP contribution < -0.4 is 11.1 Å². The molecule has 1 aromatic carbocycles. The van der Waals surface area contributed by atoms with Gasteiger partial charge in [-0.1, -0.05) is 18.2 Å². The lowest BCUT2D eigenvalue weighted by Gasteiger charge is -2.08. The van der Waals surface area contributed by atoms with Gasteiger partial charge in [0.15, 0.2) is 0 Å². The van der Waals surface area contributed by atoms with Gasteiger partial charge in [-0.2, -0.15) is 0 Å². The van der Waals surface area contributed by atoms with Crippen LogP contribution >= 0.6 is 15.9 Å². The predicted octanol–water partition coefficient (Wildman–Crippen LogP) is 2.43. The normalized spacial score (nSPS) is 10.1. The smallest absolute Gasteiger partial charge is 0.144 e. The number of hydrogen-bond acceptors (Lipinski definition) is 4. The van der Waals surface area contributed by atoms with E-state index < -0.39 is 0 Å². The third kappa shape index (κ3) is 2.49.